The molecule has 1 fully saturated rings. The van der Waals surface area contributed by atoms with E-state index in [2.05, 4.69) is 53.6 Å². The Bertz CT molecular complexity index is 756. The molecule has 0 radical (unpaired) electrons. The summed E-state index contributed by atoms with van der Waals surface area (Å²) in [6.45, 7) is 6.33. The molecule has 148 valence electrons. The van der Waals surface area contributed by atoms with Gasteiger partial charge in [-0.05, 0) is 67.6 Å². The number of hydrogen-bond donors (Lipinski definition) is 1. The van der Waals surface area contributed by atoms with E-state index in [1.54, 1.807) is 0 Å². The van der Waals surface area contributed by atoms with Gasteiger partial charge in [-0.2, -0.15) is 0 Å². The Morgan fingerprint density at radius 3 is 2.36 bits per heavy atom. The summed E-state index contributed by atoms with van der Waals surface area (Å²) in [5.41, 5.74) is 4.50. The molecule has 0 unspecified atom stereocenters. The summed E-state index contributed by atoms with van der Waals surface area (Å²) in [6, 6.07) is 16.6. The van der Waals surface area contributed by atoms with E-state index >= 15 is 0 Å². The lowest BCUT2D eigenvalue weighted by atomic mass is 10.1. The molecule has 1 N–H and O–H groups in total. The summed E-state index contributed by atoms with van der Waals surface area (Å²) in [7, 11) is 0. The predicted octanol–water partition coefficient (Wildman–Crippen LogP) is 5.07. The van der Waals surface area contributed by atoms with E-state index in [-0.39, 0.29) is 5.91 Å². The molecule has 0 spiro atoms. The summed E-state index contributed by atoms with van der Waals surface area (Å²) in [5, 5.41) is 3.03. The topological polar surface area (TPSA) is 32.3 Å². The van der Waals surface area contributed by atoms with Gasteiger partial charge in [-0.3, -0.25) is 9.69 Å². The Balaban J connectivity index is 1.42. The van der Waals surface area contributed by atoms with Crippen LogP contribution in [0.1, 0.15) is 59.7 Å². The van der Waals surface area contributed by atoms with Gasteiger partial charge in [0.2, 0.25) is 0 Å². The van der Waals surface area contributed by atoms with Crippen LogP contribution in [0.25, 0.3) is 6.08 Å². The normalized spacial score (nSPS) is 14.6. The number of carbonyl (C=O) groups excluding carboxylic acids is 1. The average molecular weight is 377 g/mol. The smallest absolute Gasteiger partial charge is 0.251 e. The fourth-order valence-electron chi connectivity index (χ4n) is 3.56. The van der Waals surface area contributed by atoms with E-state index in [4.69, 9.17) is 0 Å². The van der Waals surface area contributed by atoms with Gasteiger partial charge in [0.15, 0.2) is 0 Å². The van der Waals surface area contributed by atoms with Crippen LogP contribution < -0.4 is 5.32 Å². The fraction of sp³-hybridized carbons (Fsp3) is 0.400. The number of amides is 1. The molecule has 1 amide bonds. The highest BCUT2D eigenvalue weighted by atomic mass is 16.1. The van der Waals surface area contributed by atoms with Crippen LogP contribution in [0.5, 0.6) is 0 Å². The molecule has 3 rings (SSSR count). The van der Waals surface area contributed by atoms with Gasteiger partial charge in [0.25, 0.3) is 5.91 Å². The second kappa shape index (κ2) is 10.8. The summed E-state index contributed by atoms with van der Waals surface area (Å²) < 4.78 is 0. The van der Waals surface area contributed by atoms with Crippen molar-refractivity contribution in [3.63, 3.8) is 0 Å². The Kier molecular flexibility index (Phi) is 7.86. The van der Waals surface area contributed by atoms with Gasteiger partial charge in [0, 0.05) is 18.7 Å². The van der Waals surface area contributed by atoms with Gasteiger partial charge < -0.3 is 5.32 Å². The van der Waals surface area contributed by atoms with Crippen LogP contribution >= 0.6 is 0 Å². The monoisotopic (exact) mass is 376 g/mol. The number of rotatable bonds is 9. The van der Waals surface area contributed by atoms with Crippen LogP contribution in [0, 0.1) is 0 Å². The van der Waals surface area contributed by atoms with Crippen LogP contribution in [0.2, 0.25) is 0 Å². The average Bonchev–Trinajstić information content (AvgIpc) is 3.23. The third-order valence-electron chi connectivity index (χ3n) is 5.27. The van der Waals surface area contributed by atoms with Crippen LogP contribution in [0.4, 0.5) is 0 Å². The predicted molar refractivity (Wildman–Crippen MR) is 117 cm³/mol. The van der Waals surface area contributed by atoms with Crippen molar-refractivity contribution in [2.75, 3.05) is 19.6 Å². The lowest BCUT2D eigenvalue weighted by molar-refractivity contribution is 0.0954. The molecule has 3 heteroatoms. The highest BCUT2D eigenvalue weighted by Gasteiger charge is 2.11. The van der Waals surface area contributed by atoms with E-state index in [0.717, 1.165) is 31.4 Å². The second-order valence-corrected chi connectivity index (χ2v) is 7.62. The minimum Gasteiger partial charge on any atom is -0.352 e. The van der Waals surface area contributed by atoms with Crippen molar-refractivity contribution in [1.82, 2.24) is 10.2 Å². The zero-order valence-corrected chi connectivity index (χ0v) is 17.0. The molecule has 2 aromatic rings. The number of nitrogens with zero attached hydrogens (tertiary/aromatic N) is 1. The molecule has 28 heavy (non-hydrogen) atoms. The molecule has 1 saturated heterocycles. The molecule has 3 nitrogen and oxygen atoms in total. The van der Waals surface area contributed by atoms with Gasteiger partial charge in [-0.1, -0.05) is 61.9 Å². The number of likely N-dealkylation sites (tertiary alicyclic amines) is 1. The van der Waals surface area contributed by atoms with E-state index in [9.17, 15) is 4.79 Å². The number of nitrogens with one attached hydrogen (secondary N) is 1. The lowest BCUT2D eigenvalue weighted by Crippen LogP contribution is -2.25. The Labute approximate surface area is 169 Å². The maximum atomic E-state index is 12.3. The van der Waals surface area contributed by atoms with Gasteiger partial charge >= 0.3 is 0 Å². The van der Waals surface area contributed by atoms with Crippen LogP contribution in [-0.2, 0) is 13.0 Å². The zero-order chi connectivity index (χ0) is 19.6. The molecule has 0 aliphatic carbocycles. The van der Waals surface area contributed by atoms with E-state index in [1.807, 2.05) is 24.3 Å². The molecule has 1 aliphatic heterocycles. The van der Waals surface area contributed by atoms with E-state index in [0.29, 0.717) is 12.1 Å². The van der Waals surface area contributed by atoms with Crippen molar-refractivity contribution in [3.8, 4) is 0 Å². The lowest BCUT2D eigenvalue weighted by Gasteiger charge is -2.14. The number of unbranched alkanes of at least 4 members (excludes halogenated alkanes) is 1. The van der Waals surface area contributed by atoms with Crippen molar-refractivity contribution < 1.29 is 4.79 Å². The summed E-state index contributed by atoms with van der Waals surface area (Å²) >= 11 is 0. The highest BCUT2D eigenvalue weighted by molar-refractivity contribution is 5.94. The molecule has 0 atom stereocenters. The van der Waals surface area contributed by atoms with E-state index in [1.165, 1.54) is 37.1 Å². The minimum absolute atomic E-state index is 0.00487. The first-order valence-electron chi connectivity index (χ1n) is 10.6. The molecule has 0 saturated carbocycles. The van der Waals surface area contributed by atoms with E-state index < -0.39 is 0 Å². The Morgan fingerprint density at radius 2 is 1.68 bits per heavy atom. The number of carbonyl (C=O) groups is 1. The Morgan fingerprint density at radius 1 is 1.00 bits per heavy atom. The standard InChI is InChI=1S/C25H32N2O/c1-2-3-4-7-21-12-14-24(15-13-21)25(28)26-17-16-22-8-10-23(11-9-22)20-27-18-5-6-19-27/h4,7-15H,2-3,5-6,16-20H2,1H3,(H,26,28)/b7-4+. The number of allylic oxidation sites excluding steroid dienone is 1. The van der Waals surface area contributed by atoms with Crippen LogP contribution in [0.15, 0.2) is 54.6 Å². The first-order valence-corrected chi connectivity index (χ1v) is 10.6. The minimum atomic E-state index is -0.00487. The SMILES string of the molecule is CCC/C=C/c1ccc(C(=O)NCCc2ccc(CN3CCCC3)cc2)cc1. The summed E-state index contributed by atoms with van der Waals surface area (Å²) in [5.74, 6) is -0.00487. The molecule has 1 aliphatic rings. The molecular weight excluding hydrogens is 344 g/mol. The molecule has 0 bridgehead atoms. The molecule has 0 aromatic heterocycles. The third-order valence-corrected chi connectivity index (χ3v) is 5.27. The largest absolute Gasteiger partial charge is 0.352 e. The van der Waals surface area contributed by atoms with Gasteiger partial charge in [-0.15, -0.1) is 0 Å². The Hall–Kier alpha value is -2.39. The third kappa shape index (κ3) is 6.35. The highest BCUT2D eigenvalue weighted by Crippen LogP contribution is 2.13. The first-order chi connectivity index (χ1) is 13.7. The zero-order valence-electron chi connectivity index (χ0n) is 17.0. The van der Waals surface area contributed by atoms with Gasteiger partial charge in [0.1, 0.15) is 0 Å². The first kappa shape index (κ1) is 20.3. The molecular formula is C25H32N2O. The van der Waals surface area contributed by atoms with Crippen molar-refractivity contribution in [2.24, 2.45) is 0 Å². The summed E-state index contributed by atoms with van der Waals surface area (Å²) in [4.78, 5) is 14.8. The molecule has 2 aromatic carbocycles. The quantitative estimate of drug-likeness (QED) is 0.663. The number of hydrogen-bond acceptors (Lipinski definition) is 2. The van der Waals surface area contributed by atoms with Gasteiger partial charge in [-0.25, -0.2) is 0 Å². The maximum Gasteiger partial charge on any atom is 0.251 e. The van der Waals surface area contributed by atoms with Crippen molar-refractivity contribution in [3.05, 3.63) is 76.9 Å². The van der Waals surface area contributed by atoms with Crippen molar-refractivity contribution in [2.45, 2.75) is 45.6 Å². The fourth-order valence-corrected chi connectivity index (χ4v) is 3.56. The molecule has 1 heterocycles. The maximum absolute atomic E-state index is 12.3. The summed E-state index contributed by atoms with van der Waals surface area (Å²) in [6.07, 6.45) is 10.0. The second-order valence-electron chi connectivity index (χ2n) is 7.62. The van der Waals surface area contributed by atoms with Crippen LogP contribution in [0.3, 0.4) is 0 Å². The van der Waals surface area contributed by atoms with Crippen LogP contribution in [-0.4, -0.2) is 30.4 Å². The number of benzene rings is 2. The van der Waals surface area contributed by atoms with Crippen molar-refractivity contribution >= 4 is 12.0 Å². The van der Waals surface area contributed by atoms with Gasteiger partial charge in [0.05, 0.1) is 0 Å². The van der Waals surface area contributed by atoms with Crippen molar-refractivity contribution in [1.29, 1.82) is 0 Å².